The van der Waals surface area contributed by atoms with Crippen LogP contribution in [-0.4, -0.2) is 35.6 Å². The number of nitrogens with zero attached hydrogens (tertiary/aromatic N) is 2. The van der Waals surface area contributed by atoms with Gasteiger partial charge in [0, 0.05) is 6.54 Å². The van der Waals surface area contributed by atoms with Crippen LogP contribution in [0.5, 0.6) is 5.88 Å². The second-order valence-electron chi connectivity index (χ2n) is 4.03. The minimum absolute atomic E-state index is 0.0839. The van der Waals surface area contributed by atoms with Gasteiger partial charge in [0.25, 0.3) is 5.88 Å². The Morgan fingerprint density at radius 3 is 3.17 bits per heavy atom. The van der Waals surface area contributed by atoms with Gasteiger partial charge in [-0.15, -0.1) is 0 Å². The summed E-state index contributed by atoms with van der Waals surface area (Å²) >= 11 is 0. The molecule has 1 aromatic rings. The Morgan fingerprint density at radius 1 is 1.56 bits per heavy atom. The molecule has 0 bridgehead atoms. The first kappa shape index (κ1) is 12.5. The molecule has 1 aliphatic rings. The SMILES string of the molecule is COc1nc(NC2CCCCNC2=O)ncc1F. The summed E-state index contributed by atoms with van der Waals surface area (Å²) in [7, 11) is 1.33. The van der Waals surface area contributed by atoms with E-state index in [9.17, 15) is 9.18 Å². The van der Waals surface area contributed by atoms with Gasteiger partial charge in [0.1, 0.15) is 6.04 Å². The van der Waals surface area contributed by atoms with Crippen molar-refractivity contribution in [3.8, 4) is 5.88 Å². The zero-order valence-corrected chi connectivity index (χ0v) is 10.1. The lowest BCUT2D eigenvalue weighted by Crippen LogP contribution is -2.38. The smallest absolute Gasteiger partial charge is 0.255 e. The Hall–Kier alpha value is -1.92. The van der Waals surface area contributed by atoms with Crippen LogP contribution in [-0.2, 0) is 4.79 Å². The molecule has 1 aromatic heterocycles. The predicted octanol–water partition coefficient (Wildman–Crippen LogP) is 0.705. The van der Waals surface area contributed by atoms with E-state index >= 15 is 0 Å². The van der Waals surface area contributed by atoms with Crippen LogP contribution in [0.1, 0.15) is 19.3 Å². The minimum Gasteiger partial charge on any atom is -0.479 e. The van der Waals surface area contributed by atoms with Crippen LogP contribution in [0, 0.1) is 5.82 Å². The van der Waals surface area contributed by atoms with Gasteiger partial charge < -0.3 is 15.4 Å². The Kier molecular flexibility index (Phi) is 3.91. The van der Waals surface area contributed by atoms with E-state index in [4.69, 9.17) is 4.74 Å². The van der Waals surface area contributed by atoms with Crippen molar-refractivity contribution in [2.24, 2.45) is 0 Å². The van der Waals surface area contributed by atoms with Crippen LogP contribution in [0.15, 0.2) is 6.20 Å². The molecule has 18 heavy (non-hydrogen) atoms. The summed E-state index contributed by atoms with van der Waals surface area (Å²) in [5.74, 6) is -0.662. The van der Waals surface area contributed by atoms with E-state index in [1.807, 2.05) is 0 Å². The van der Waals surface area contributed by atoms with Crippen molar-refractivity contribution in [3.63, 3.8) is 0 Å². The minimum atomic E-state index is -0.631. The van der Waals surface area contributed by atoms with Crippen LogP contribution in [0.4, 0.5) is 10.3 Å². The van der Waals surface area contributed by atoms with Gasteiger partial charge in [0.05, 0.1) is 13.3 Å². The van der Waals surface area contributed by atoms with Gasteiger partial charge in [-0.1, -0.05) is 0 Å². The molecular formula is C11H15FN4O2. The molecular weight excluding hydrogens is 239 g/mol. The van der Waals surface area contributed by atoms with Gasteiger partial charge in [-0.25, -0.2) is 4.98 Å². The number of hydrogen-bond acceptors (Lipinski definition) is 5. The summed E-state index contributed by atoms with van der Waals surface area (Å²) in [6.45, 7) is 0.685. The summed E-state index contributed by atoms with van der Waals surface area (Å²) < 4.78 is 17.9. The van der Waals surface area contributed by atoms with E-state index in [0.29, 0.717) is 13.0 Å². The number of carbonyl (C=O) groups is 1. The molecule has 2 rings (SSSR count). The highest BCUT2D eigenvalue weighted by Gasteiger charge is 2.21. The zero-order valence-electron chi connectivity index (χ0n) is 10.1. The largest absolute Gasteiger partial charge is 0.479 e. The molecule has 2 heterocycles. The lowest BCUT2D eigenvalue weighted by molar-refractivity contribution is -0.121. The molecule has 1 saturated heterocycles. The maximum Gasteiger partial charge on any atom is 0.255 e. The highest BCUT2D eigenvalue weighted by Crippen LogP contribution is 2.16. The standard InChI is InChI=1S/C11H15FN4O2/c1-18-10-7(12)6-14-11(16-10)15-8-4-2-3-5-13-9(8)17/h6,8H,2-5H2,1H3,(H,13,17)(H,14,15,16). The third-order valence-electron chi connectivity index (χ3n) is 2.74. The number of methoxy groups -OCH3 is 1. The van der Waals surface area contributed by atoms with Gasteiger partial charge in [-0.3, -0.25) is 4.79 Å². The highest BCUT2D eigenvalue weighted by atomic mass is 19.1. The van der Waals surface area contributed by atoms with Gasteiger partial charge in [-0.2, -0.15) is 9.37 Å². The monoisotopic (exact) mass is 254 g/mol. The second kappa shape index (κ2) is 5.61. The highest BCUT2D eigenvalue weighted by molar-refractivity contribution is 5.84. The van der Waals surface area contributed by atoms with Gasteiger partial charge in [-0.05, 0) is 19.3 Å². The molecule has 0 aliphatic carbocycles. The lowest BCUT2D eigenvalue weighted by Gasteiger charge is -2.15. The van der Waals surface area contributed by atoms with E-state index in [0.717, 1.165) is 19.0 Å². The first-order valence-electron chi connectivity index (χ1n) is 5.81. The number of anilines is 1. The number of ether oxygens (including phenoxy) is 1. The quantitative estimate of drug-likeness (QED) is 0.830. The molecule has 1 fully saturated rings. The predicted molar refractivity (Wildman–Crippen MR) is 62.8 cm³/mol. The molecule has 6 nitrogen and oxygen atoms in total. The Balaban J connectivity index is 2.10. The van der Waals surface area contributed by atoms with Crippen molar-refractivity contribution >= 4 is 11.9 Å². The molecule has 0 saturated carbocycles. The number of nitrogens with one attached hydrogen (secondary N) is 2. The molecule has 98 valence electrons. The fourth-order valence-electron chi connectivity index (χ4n) is 1.80. The van der Waals surface area contributed by atoms with E-state index < -0.39 is 5.82 Å². The van der Waals surface area contributed by atoms with Crippen molar-refractivity contribution in [2.75, 3.05) is 19.0 Å². The summed E-state index contributed by atoms with van der Waals surface area (Å²) in [5.41, 5.74) is 0. The van der Waals surface area contributed by atoms with E-state index in [2.05, 4.69) is 20.6 Å². The fourth-order valence-corrected chi connectivity index (χ4v) is 1.80. The molecule has 1 aliphatic heterocycles. The normalized spacial score (nSPS) is 19.9. The van der Waals surface area contributed by atoms with Crippen LogP contribution in [0.2, 0.25) is 0 Å². The first-order chi connectivity index (χ1) is 8.70. The van der Waals surface area contributed by atoms with Gasteiger partial charge in [0.2, 0.25) is 17.7 Å². The number of aromatic nitrogens is 2. The molecule has 1 amide bonds. The number of halogens is 1. The molecule has 1 unspecified atom stereocenters. The molecule has 0 spiro atoms. The summed E-state index contributed by atoms with van der Waals surface area (Å²) in [6.07, 6.45) is 3.61. The first-order valence-corrected chi connectivity index (χ1v) is 5.81. The molecule has 1 atom stereocenters. The van der Waals surface area contributed by atoms with Crippen molar-refractivity contribution in [2.45, 2.75) is 25.3 Å². The van der Waals surface area contributed by atoms with E-state index in [1.165, 1.54) is 7.11 Å². The van der Waals surface area contributed by atoms with Crippen molar-refractivity contribution in [3.05, 3.63) is 12.0 Å². The van der Waals surface area contributed by atoms with Crippen molar-refractivity contribution in [1.29, 1.82) is 0 Å². The number of rotatable bonds is 3. The molecule has 2 N–H and O–H groups in total. The fraction of sp³-hybridized carbons (Fsp3) is 0.545. The maximum absolute atomic E-state index is 13.1. The molecule has 0 radical (unpaired) electrons. The number of amides is 1. The average Bonchev–Trinajstić information content (AvgIpc) is 2.57. The summed E-state index contributed by atoms with van der Waals surface area (Å²) in [4.78, 5) is 19.3. The Morgan fingerprint density at radius 2 is 2.39 bits per heavy atom. The molecule has 0 aromatic carbocycles. The van der Waals surface area contributed by atoms with Crippen molar-refractivity contribution < 1.29 is 13.9 Å². The van der Waals surface area contributed by atoms with Crippen LogP contribution >= 0.6 is 0 Å². The average molecular weight is 254 g/mol. The zero-order chi connectivity index (χ0) is 13.0. The Labute approximate surface area is 104 Å². The van der Waals surface area contributed by atoms with E-state index in [-0.39, 0.29) is 23.8 Å². The van der Waals surface area contributed by atoms with Crippen molar-refractivity contribution in [1.82, 2.24) is 15.3 Å². The number of carbonyl (C=O) groups excluding carboxylic acids is 1. The van der Waals surface area contributed by atoms with Crippen LogP contribution in [0.3, 0.4) is 0 Å². The summed E-state index contributed by atoms with van der Waals surface area (Å²) in [5, 5.41) is 5.68. The maximum atomic E-state index is 13.1. The lowest BCUT2D eigenvalue weighted by atomic mass is 10.1. The van der Waals surface area contributed by atoms with Gasteiger partial charge in [0.15, 0.2) is 0 Å². The summed E-state index contributed by atoms with van der Waals surface area (Å²) in [6, 6.07) is -0.386. The third-order valence-corrected chi connectivity index (χ3v) is 2.74. The second-order valence-corrected chi connectivity index (χ2v) is 4.03. The van der Waals surface area contributed by atoms with Crippen LogP contribution in [0.25, 0.3) is 0 Å². The number of hydrogen-bond donors (Lipinski definition) is 2. The Bertz CT molecular complexity index is 441. The third kappa shape index (κ3) is 2.85. The van der Waals surface area contributed by atoms with Crippen LogP contribution < -0.4 is 15.4 Å². The van der Waals surface area contributed by atoms with Gasteiger partial charge >= 0.3 is 0 Å². The van der Waals surface area contributed by atoms with E-state index in [1.54, 1.807) is 0 Å². The molecule has 7 heteroatoms. The topological polar surface area (TPSA) is 76.1 Å².